The Morgan fingerprint density at radius 3 is 1.98 bits per heavy atom. The summed E-state index contributed by atoms with van der Waals surface area (Å²) in [4.78, 5) is 7.54. The number of hydrogen-bond donors (Lipinski definition) is 2. The first kappa shape index (κ1) is 27.3. The number of rotatable bonds is 11. The molecule has 0 aliphatic carbocycles. The molecule has 2 aromatic heterocycles. The lowest BCUT2D eigenvalue weighted by molar-refractivity contribution is -0.0913. The van der Waals surface area contributed by atoms with E-state index >= 15 is 0 Å². The van der Waals surface area contributed by atoms with Crippen LogP contribution < -0.4 is 5.73 Å². The van der Waals surface area contributed by atoms with Crippen molar-refractivity contribution in [2.75, 3.05) is 12.3 Å². The van der Waals surface area contributed by atoms with Gasteiger partial charge in [0.2, 0.25) is 0 Å². The molecule has 0 radical (unpaired) electrons. The Hall–Kier alpha value is -3.86. The third kappa shape index (κ3) is 6.40. The Balaban J connectivity index is 1.32. The summed E-state index contributed by atoms with van der Waals surface area (Å²) in [6.45, 7) is 1.59. The number of pyridine rings is 1. The molecule has 3 aromatic carbocycles. The molecule has 1 fully saturated rings. The van der Waals surface area contributed by atoms with Gasteiger partial charge in [-0.3, -0.25) is 0 Å². The van der Waals surface area contributed by atoms with E-state index in [0.717, 1.165) is 22.2 Å². The average molecular weight is 569 g/mol. The molecule has 41 heavy (non-hydrogen) atoms. The number of anilines is 1. The van der Waals surface area contributed by atoms with Gasteiger partial charge < -0.3 is 34.2 Å². The van der Waals surface area contributed by atoms with Crippen LogP contribution in [0.5, 0.6) is 0 Å². The van der Waals surface area contributed by atoms with E-state index in [4.69, 9.17) is 36.9 Å². The van der Waals surface area contributed by atoms with Crippen LogP contribution in [0.15, 0.2) is 103 Å². The van der Waals surface area contributed by atoms with Crippen LogP contribution in [0.2, 0.25) is 0 Å². The Morgan fingerprint density at radius 1 is 0.805 bits per heavy atom. The minimum absolute atomic E-state index is 0.324. The van der Waals surface area contributed by atoms with Crippen LogP contribution in [0.1, 0.15) is 22.9 Å². The number of nitrogens with zero attached hydrogens (tertiary/aromatic N) is 2. The van der Waals surface area contributed by atoms with Gasteiger partial charge in [-0.1, -0.05) is 103 Å². The highest BCUT2D eigenvalue weighted by Gasteiger charge is 2.48. The van der Waals surface area contributed by atoms with Gasteiger partial charge in [-0.05, 0) is 16.7 Å². The Kier molecular flexibility index (Phi) is 8.50. The van der Waals surface area contributed by atoms with Crippen molar-refractivity contribution in [3.05, 3.63) is 125 Å². The largest absolute Gasteiger partial charge is 0.385 e. The van der Waals surface area contributed by atoms with Crippen LogP contribution in [0.4, 0.5) is 5.82 Å². The molecule has 0 saturated carbocycles. The quantitative estimate of drug-likeness (QED) is 0.190. The number of benzene rings is 3. The summed E-state index contributed by atoms with van der Waals surface area (Å²) < 4.78 is 28.4. The van der Waals surface area contributed by atoms with Gasteiger partial charge in [-0.15, -0.1) is 0 Å². The standard InChI is InChI=1S/C32H32N4O4S/c33-27-16-25-28(31(41)35-27)34-21-36(25)32-30(39-19-24-14-8-3-9-15-24)29(38-18-23-12-6-2-7-13-23)26(40-32)20-37-17-22-10-4-1-5-11-22/h1-16,21,26,29-30,32H,17-20H2,(H3,33,35,41)/t26-,29-,30+,32-/m1/s1. The molecular weight excluding hydrogens is 536 g/mol. The van der Waals surface area contributed by atoms with Crippen molar-refractivity contribution in [1.29, 1.82) is 0 Å². The maximum absolute atomic E-state index is 6.70. The lowest BCUT2D eigenvalue weighted by Crippen LogP contribution is -2.38. The number of aromatic amines is 1. The summed E-state index contributed by atoms with van der Waals surface area (Å²) in [5.41, 5.74) is 10.7. The molecule has 0 amide bonds. The van der Waals surface area contributed by atoms with Crippen LogP contribution in [0, 0.1) is 4.64 Å². The van der Waals surface area contributed by atoms with Crippen LogP contribution in [0.3, 0.4) is 0 Å². The van der Waals surface area contributed by atoms with E-state index < -0.39 is 24.5 Å². The van der Waals surface area contributed by atoms with Crippen LogP contribution in [0.25, 0.3) is 11.0 Å². The zero-order chi connectivity index (χ0) is 28.0. The number of hydrogen-bond acceptors (Lipinski definition) is 7. The Morgan fingerprint density at radius 2 is 1.37 bits per heavy atom. The van der Waals surface area contributed by atoms with Crippen LogP contribution in [-0.2, 0) is 38.8 Å². The predicted molar refractivity (Wildman–Crippen MR) is 159 cm³/mol. The van der Waals surface area contributed by atoms with E-state index in [0.29, 0.717) is 42.4 Å². The summed E-state index contributed by atoms with van der Waals surface area (Å²) >= 11 is 5.49. The number of fused-ring (bicyclic) bond motifs is 1. The summed E-state index contributed by atoms with van der Waals surface area (Å²) in [7, 11) is 0. The van der Waals surface area contributed by atoms with Crippen molar-refractivity contribution in [2.24, 2.45) is 0 Å². The Labute approximate surface area is 243 Å². The fraction of sp³-hybridized carbons (Fsp3) is 0.250. The first-order valence-corrected chi connectivity index (χ1v) is 14.0. The molecule has 1 aliphatic rings. The van der Waals surface area contributed by atoms with Crippen molar-refractivity contribution in [3.63, 3.8) is 0 Å². The number of aromatic nitrogens is 3. The topological polar surface area (TPSA) is 96.6 Å². The number of nitrogens with two attached hydrogens (primary N) is 1. The third-order valence-corrected chi connectivity index (χ3v) is 7.42. The van der Waals surface area contributed by atoms with Crippen molar-refractivity contribution in [2.45, 2.75) is 44.4 Å². The number of H-pyrrole nitrogens is 1. The van der Waals surface area contributed by atoms with Crippen molar-refractivity contribution in [3.8, 4) is 0 Å². The molecule has 6 rings (SSSR count). The fourth-order valence-corrected chi connectivity index (χ4v) is 5.39. The Bertz CT molecular complexity index is 1610. The minimum Gasteiger partial charge on any atom is -0.385 e. The second kappa shape index (κ2) is 12.8. The smallest absolute Gasteiger partial charge is 0.164 e. The number of nitrogens with one attached hydrogen (secondary N) is 1. The molecule has 5 aromatic rings. The first-order valence-electron chi connectivity index (χ1n) is 13.6. The van der Waals surface area contributed by atoms with Crippen LogP contribution >= 0.6 is 12.2 Å². The maximum Gasteiger partial charge on any atom is 0.164 e. The summed E-state index contributed by atoms with van der Waals surface area (Å²) in [6.07, 6.45) is -0.126. The second-order valence-electron chi connectivity index (χ2n) is 10.0. The highest BCUT2D eigenvalue weighted by molar-refractivity contribution is 7.71. The summed E-state index contributed by atoms with van der Waals surface area (Å²) in [6, 6.07) is 32.0. The molecule has 1 aliphatic heterocycles. The number of imidazole rings is 1. The number of nitrogen functional groups attached to an aromatic ring is 1. The van der Waals surface area contributed by atoms with Gasteiger partial charge in [0.25, 0.3) is 0 Å². The van der Waals surface area contributed by atoms with Gasteiger partial charge >= 0.3 is 0 Å². The lowest BCUT2D eigenvalue weighted by Gasteiger charge is -2.25. The molecule has 3 heterocycles. The highest BCUT2D eigenvalue weighted by Crippen LogP contribution is 2.37. The highest BCUT2D eigenvalue weighted by atomic mass is 32.1. The van der Waals surface area contributed by atoms with Crippen molar-refractivity contribution in [1.82, 2.24) is 14.5 Å². The van der Waals surface area contributed by atoms with Crippen molar-refractivity contribution < 1.29 is 18.9 Å². The van der Waals surface area contributed by atoms with Crippen LogP contribution in [-0.4, -0.2) is 39.5 Å². The van der Waals surface area contributed by atoms with E-state index in [1.807, 2.05) is 102 Å². The molecule has 3 N–H and O–H groups in total. The van der Waals surface area contributed by atoms with Gasteiger partial charge in [0.15, 0.2) is 6.23 Å². The second-order valence-corrected chi connectivity index (χ2v) is 10.4. The predicted octanol–water partition coefficient (Wildman–Crippen LogP) is 5.96. The molecule has 9 heteroatoms. The molecule has 0 unspecified atom stereocenters. The van der Waals surface area contributed by atoms with E-state index in [9.17, 15) is 0 Å². The summed E-state index contributed by atoms with van der Waals surface area (Å²) in [5.74, 6) is 0.448. The zero-order valence-electron chi connectivity index (χ0n) is 22.5. The van der Waals surface area contributed by atoms with E-state index in [2.05, 4.69) is 9.97 Å². The third-order valence-electron chi connectivity index (χ3n) is 7.12. The summed E-state index contributed by atoms with van der Waals surface area (Å²) in [5, 5.41) is 0. The maximum atomic E-state index is 6.70. The molecular formula is C32H32N4O4S. The monoisotopic (exact) mass is 568 g/mol. The van der Waals surface area contributed by atoms with Gasteiger partial charge in [0, 0.05) is 6.07 Å². The molecule has 210 valence electrons. The first-order chi connectivity index (χ1) is 20.2. The van der Waals surface area contributed by atoms with Gasteiger partial charge in [-0.25, -0.2) is 4.98 Å². The zero-order valence-corrected chi connectivity index (χ0v) is 23.3. The minimum atomic E-state index is -0.550. The molecule has 0 bridgehead atoms. The van der Waals surface area contributed by atoms with E-state index in [1.54, 1.807) is 6.33 Å². The molecule has 1 saturated heterocycles. The number of ether oxygens (including phenoxy) is 4. The average Bonchev–Trinajstić information content (AvgIpc) is 3.57. The molecule has 8 nitrogen and oxygen atoms in total. The molecule has 4 atom stereocenters. The van der Waals surface area contributed by atoms with Gasteiger partial charge in [0.05, 0.1) is 38.3 Å². The normalized spacial score (nSPS) is 20.5. The molecule has 0 spiro atoms. The fourth-order valence-electron chi connectivity index (χ4n) is 5.11. The lowest BCUT2D eigenvalue weighted by atomic mass is 10.1. The SMILES string of the molecule is Nc1cc2c(ncn2[C@@H]2O[C@H](COCc3ccccc3)[C@@H](OCc3ccccc3)[C@@H]2OCc2ccccc2)c(=S)[nH]1. The van der Waals surface area contributed by atoms with Crippen molar-refractivity contribution >= 4 is 29.1 Å². The van der Waals surface area contributed by atoms with Gasteiger partial charge in [-0.2, -0.15) is 0 Å². The van der Waals surface area contributed by atoms with E-state index in [-0.39, 0.29) is 0 Å². The van der Waals surface area contributed by atoms with E-state index in [1.165, 1.54) is 0 Å². The van der Waals surface area contributed by atoms with Gasteiger partial charge in [0.1, 0.15) is 34.3 Å².